The van der Waals surface area contributed by atoms with Crippen molar-refractivity contribution in [1.29, 1.82) is 0 Å². The van der Waals surface area contributed by atoms with Gasteiger partial charge in [-0.2, -0.15) is 0 Å². The van der Waals surface area contributed by atoms with Gasteiger partial charge in [0.2, 0.25) is 0 Å². The molecule has 0 saturated heterocycles. The van der Waals surface area contributed by atoms with Gasteiger partial charge in [0.1, 0.15) is 11.5 Å². The van der Waals surface area contributed by atoms with Crippen LogP contribution in [-0.2, 0) is 4.57 Å². The smallest absolute Gasteiger partial charge is 0.306 e. The maximum atomic E-state index is 13.6. The van der Waals surface area contributed by atoms with Gasteiger partial charge < -0.3 is 9.63 Å². The summed E-state index contributed by atoms with van der Waals surface area (Å²) in [4.78, 5) is 0. The van der Waals surface area contributed by atoms with Crippen molar-refractivity contribution in [3.63, 3.8) is 0 Å². The highest BCUT2D eigenvalue weighted by Gasteiger charge is 2.30. The Morgan fingerprint density at radius 1 is 0.682 bits per heavy atom. The molecule has 0 aliphatic heterocycles. The molecular formula is C18H15O3P. The third-order valence-corrected chi connectivity index (χ3v) is 5.69. The average Bonchev–Trinajstić information content (AvgIpc) is 2.57. The highest BCUT2D eigenvalue weighted by atomic mass is 31.2. The molecule has 110 valence electrons. The van der Waals surface area contributed by atoms with E-state index < -0.39 is 7.37 Å². The van der Waals surface area contributed by atoms with E-state index in [0.29, 0.717) is 16.4 Å². The van der Waals surface area contributed by atoms with Gasteiger partial charge in [-0.3, -0.25) is 4.57 Å². The minimum atomic E-state index is -3.28. The van der Waals surface area contributed by atoms with Crippen molar-refractivity contribution in [3.05, 3.63) is 84.9 Å². The molecule has 22 heavy (non-hydrogen) atoms. The standard InChI is InChI=1S/C18H15O3P/c19-15-11-13-18(14-12-15)22(20,17-9-5-2-6-10-17)21-16-7-3-1-4-8-16/h1-14,19H. The molecule has 0 radical (unpaired) electrons. The SMILES string of the molecule is O=P(Oc1ccccc1)(c1ccccc1)c1ccc(O)cc1. The molecule has 0 aromatic heterocycles. The molecule has 3 nitrogen and oxygen atoms in total. The van der Waals surface area contributed by atoms with Gasteiger partial charge in [0.25, 0.3) is 0 Å². The summed E-state index contributed by atoms with van der Waals surface area (Å²) in [5, 5.41) is 10.6. The second-order valence-corrected chi connectivity index (χ2v) is 7.13. The number of phenols is 1. The Morgan fingerprint density at radius 2 is 1.18 bits per heavy atom. The van der Waals surface area contributed by atoms with Crippen LogP contribution in [0.25, 0.3) is 0 Å². The van der Waals surface area contributed by atoms with Crippen molar-refractivity contribution in [2.24, 2.45) is 0 Å². The van der Waals surface area contributed by atoms with Crippen LogP contribution in [0.15, 0.2) is 84.9 Å². The molecule has 0 fully saturated rings. The normalized spacial score (nSPS) is 13.3. The number of hydrogen-bond donors (Lipinski definition) is 1. The first-order chi connectivity index (χ1) is 10.7. The summed E-state index contributed by atoms with van der Waals surface area (Å²) in [6.07, 6.45) is 0. The molecule has 1 unspecified atom stereocenters. The van der Waals surface area contributed by atoms with Crippen LogP contribution in [0, 0.1) is 0 Å². The van der Waals surface area contributed by atoms with Crippen molar-refractivity contribution in [2.45, 2.75) is 0 Å². The second-order valence-electron chi connectivity index (χ2n) is 4.81. The first-order valence-electron chi connectivity index (χ1n) is 6.88. The third kappa shape index (κ3) is 2.90. The monoisotopic (exact) mass is 310 g/mol. The zero-order valence-electron chi connectivity index (χ0n) is 11.8. The fourth-order valence-electron chi connectivity index (χ4n) is 2.16. The Balaban J connectivity index is 2.10. The van der Waals surface area contributed by atoms with Crippen LogP contribution in [-0.4, -0.2) is 5.11 Å². The summed E-state index contributed by atoms with van der Waals surface area (Å²) >= 11 is 0. The number of rotatable bonds is 4. The predicted molar refractivity (Wildman–Crippen MR) is 88.5 cm³/mol. The molecule has 0 bridgehead atoms. The largest absolute Gasteiger partial charge is 0.508 e. The van der Waals surface area contributed by atoms with Crippen LogP contribution >= 0.6 is 7.37 Å². The Hall–Kier alpha value is -2.51. The van der Waals surface area contributed by atoms with E-state index in [9.17, 15) is 9.67 Å². The molecule has 1 atom stereocenters. The molecule has 0 spiro atoms. The molecule has 3 aromatic carbocycles. The summed E-state index contributed by atoms with van der Waals surface area (Å²) in [5.74, 6) is 0.672. The molecule has 0 heterocycles. The maximum Gasteiger partial charge on any atom is 0.306 e. The first-order valence-corrected chi connectivity index (χ1v) is 8.51. The van der Waals surface area contributed by atoms with E-state index in [-0.39, 0.29) is 5.75 Å². The van der Waals surface area contributed by atoms with E-state index >= 15 is 0 Å². The quantitative estimate of drug-likeness (QED) is 0.747. The topological polar surface area (TPSA) is 46.5 Å². The highest BCUT2D eigenvalue weighted by molar-refractivity contribution is 7.74. The Labute approximate surface area is 129 Å². The highest BCUT2D eigenvalue weighted by Crippen LogP contribution is 2.45. The average molecular weight is 310 g/mol. The molecule has 0 amide bonds. The lowest BCUT2D eigenvalue weighted by Gasteiger charge is -2.20. The summed E-state index contributed by atoms with van der Waals surface area (Å²) < 4.78 is 19.5. The molecule has 0 aliphatic rings. The van der Waals surface area contributed by atoms with E-state index in [2.05, 4.69) is 0 Å². The molecule has 3 aromatic rings. The van der Waals surface area contributed by atoms with E-state index in [4.69, 9.17) is 4.52 Å². The number of aromatic hydroxyl groups is 1. The van der Waals surface area contributed by atoms with Crippen LogP contribution in [0.3, 0.4) is 0 Å². The zero-order chi connectivity index (χ0) is 15.4. The van der Waals surface area contributed by atoms with Gasteiger partial charge in [0.05, 0.1) is 10.6 Å². The summed E-state index contributed by atoms with van der Waals surface area (Å²) in [6, 6.07) is 24.5. The Kier molecular flexibility index (Phi) is 3.99. The summed E-state index contributed by atoms with van der Waals surface area (Å²) in [7, 11) is -3.28. The van der Waals surface area contributed by atoms with Crippen LogP contribution in [0.4, 0.5) is 0 Å². The fraction of sp³-hybridized carbons (Fsp3) is 0. The van der Waals surface area contributed by atoms with Gasteiger partial charge >= 0.3 is 7.37 Å². The van der Waals surface area contributed by atoms with Crippen molar-refractivity contribution in [3.8, 4) is 11.5 Å². The lowest BCUT2D eigenvalue weighted by Crippen LogP contribution is -2.20. The van der Waals surface area contributed by atoms with Crippen molar-refractivity contribution < 1.29 is 14.2 Å². The number of phenolic OH excluding ortho intramolecular Hbond substituents is 1. The molecule has 0 aliphatic carbocycles. The van der Waals surface area contributed by atoms with Gasteiger partial charge in [-0.25, -0.2) is 0 Å². The van der Waals surface area contributed by atoms with E-state index in [1.165, 1.54) is 12.1 Å². The van der Waals surface area contributed by atoms with Crippen LogP contribution < -0.4 is 15.1 Å². The van der Waals surface area contributed by atoms with Gasteiger partial charge in [0.15, 0.2) is 0 Å². The predicted octanol–water partition coefficient (Wildman–Crippen LogP) is 3.70. The van der Waals surface area contributed by atoms with Crippen LogP contribution in [0.2, 0.25) is 0 Å². The summed E-state index contributed by atoms with van der Waals surface area (Å²) in [6.45, 7) is 0. The maximum absolute atomic E-state index is 13.6. The van der Waals surface area contributed by atoms with Crippen LogP contribution in [0.1, 0.15) is 0 Å². The lowest BCUT2D eigenvalue weighted by atomic mass is 10.3. The number of para-hydroxylation sites is 1. The van der Waals surface area contributed by atoms with Gasteiger partial charge in [-0.05, 0) is 48.5 Å². The minimum absolute atomic E-state index is 0.128. The van der Waals surface area contributed by atoms with Crippen molar-refractivity contribution in [2.75, 3.05) is 0 Å². The van der Waals surface area contributed by atoms with E-state index in [1.54, 1.807) is 36.4 Å². The third-order valence-electron chi connectivity index (χ3n) is 3.26. The molecule has 4 heteroatoms. The van der Waals surface area contributed by atoms with Crippen molar-refractivity contribution in [1.82, 2.24) is 0 Å². The van der Waals surface area contributed by atoms with E-state index in [0.717, 1.165) is 0 Å². The lowest BCUT2D eigenvalue weighted by molar-refractivity contribution is 0.475. The van der Waals surface area contributed by atoms with E-state index in [1.807, 2.05) is 36.4 Å². The van der Waals surface area contributed by atoms with Gasteiger partial charge in [0, 0.05) is 0 Å². The zero-order valence-corrected chi connectivity index (χ0v) is 12.7. The molecular weight excluding hydrogens is 295 g/mol. The Bertz CT molecular complexity index is 784. The first kappa shape index (κ1) is 14.4. The van der Waals surface area contributed by atoms with Crippen molar-refractivity contribution >= 4 is 18.0 Å². The molecule has 0 saturated carbocycles. The minimum Gasteiger partial charge on any atom is -0.508 e. The Morgan fingerprint density at radius 3 is 1.77 bits per heavy atom. The molecule has 3 rings (SSSR count). The molecule has 1 N–H and O–H groups in total. The van der Waals surface area contributed by atoms with Gasteiger partial charge in [-0.1, -0.05) is 36.4 Å². The summed E-state index contributed by atoms with van der Waals surface area (Å²) in [5.41, 5.74) is 0. The van der Waals surface area contributed by atoms with Crippen LogP contribution in [0.5, 0.6) is 11.5 Å². The number of benzene rings is 3. The fourth-order valence-corrected chi connectivity index (χ4v) is 4.19. The second kappa shape index (κ2) is 6.08. The van der Waals surface area contributed by atoms with Gasteiger partial charge in [-0.15, -0.1) is 0 Å². The number of hydrogen-bond acceptors (Lipinski definition) is 3.